The summed E-state index contributed by atoms with van der Waals surface area (Å²) in [6, 6.07) is 6.66. The van der Waals surface area contributed by atoms with Crippen LogP contribution in [0.25, 0.3) is 0 Å². The van der Waals surface area contributed by atoms with Crippen LogP contribution < -0.4 is 0 Å². The highest BCUT2D eigenvalue weighted by atomic mass is 32.2. The normalized spacial score (nSPS) is 19.9. The Bertz CT molecular complexity index is 360. The molecule has 1 unspecified atom stereocenters. The molecule has 1 heterocycles. The molecule has 86 valence electrons. The van der Waals surface area contributed by atoms with Gasteiger partial charge in [-0.1, -0.05) is 0 Å². The first-order chi connectivity index (χ1) is 7.75. The number of nitro benzene ring substituents is 1. The molecule has 0 N–H and O–H groups in total. The quantitative estimate of drug-likeness (QED) is 0.460. The lowest BCUT2D eigenvalue weighted by Crippen LogP contribution is -2.07. The van der Waals surface area contributed by atoms with E-state index in [4.69, 9.17) is 4.74 Å². The Morgan fingerprint density at radius 3 is 2.75 bits per heavy atom. The van der Waals surface area contributed by atoms with Gasteiger partial charge in [-0.15, -0.1) is 11.8 Å². The molecule has 0 aromatic heterocycles. The van der Waals surface area contributed by atoms with E-state index in [0.29, 0.717) is 6.10 Å². The van der Waals surface area contributed by atoms with E-state index in [1.165, 1.54) is 12.1 Å². The minimum Gasteiger partial charge on any atom is -0.377 e. The first-order valence-corrected chi connectivity index (χ1v) is 6.23. The average molecular weight is 239 g/mol. The summed E-state index contributed by atoms with van der Waals surface area (Å²) in [6.45, 7) is 0.867. The lowest BCUT2D eigenvalue weighted by molar-refractivity contribution is -0.384. The van der Waals surface area contributed by atoms with Crippen molar-refractivity contribution in [1.29, 1.82) is 0 Å². The Morgan fingerprint density at radius 2 is 2.19 bits per heavy atom. The van der Waals surface area contributed by atoms with E-state index in [1.54, 1.807) is 23.9 Å². The van der Waals surface area contributed by atoms with Crippen molar-refractivity contribution in [2.75, 3.05) is 12.4 Å². The van der Waals surface area contributed by atoms with E-state index >= 15 is 0 Å². The summed E-state index contributed by atoms with van der Waals surface area (Å²) in [5.41, 5.74) is 0.140. The number of hydrogen-bond acceptors (Lipinski definition) is 4. The molecule has 1 aromatic carbocycles. The zero-order valence-corrected chi connectivity index (χ0v) is 9.61. The van der Waals surface area contributed by atoms with Gasteiger partial charge < -0.3 is 4.74 Å². The molecule has 4 nitrogen and oxygen atoms in total. The lowest BCUT2D eigenvalue weighted by Gasteiger charge is -2.08. The Kier molecular flexibility index (Phi) is 3.79. The fraction of sp³-hybridized carbons (Fsp3) is 0.455. The molecule has 2 rings (SSSR count). The van der Waals surface area contributed by atoms with Crippen LogP contribution in [0.2, 0.25) is 0 Å². The van der Waals surface area contributed by atoms with Crippen molar-refractivity contribution in [2.24, 2.45) is 0 Å². The van der Waals surface area contributed by atoms with Crippen molar-refractivity contribution in [3.8, 4) is 0 Å². The zero-order chi connectivity index (χ0) is 11.4. The summed E-state index contributed by atoms with van der Waals surface area (Å²) in [4.78, 5) is 11.1. The van der Waals surface area contributed by atoms with Gasteiger partial charge in [-0.25, -0.2) is 0 Å². The second-order valence-corrected chi connectivity index (χ2v) is 4.79. The summed E-state index contributed by atoms with van der Waals surface area (Å²) < 4.78 is 5.51. The SMILES string of the molecule is O=[N+]([O-])c1ccc(SCC2CCCO2)cc1. The highest BCUT2D eigenvalue weighted by molar-refractivity contribution is 7.99. The van der Waals surface area contributed by atoms with E-state index in [1.807, 2.05) is 0 Å². The molecule has 1 aliphatic rings. The molecule has 1 aromatic rings. The maximum atomic E-state index is 10.5. The summed E-state index contributed by atoms with van der Waals surface area (Å²) in [6.07, 6.45) is 2.62. The van der Waals surface area contributed by atoms with Crippen molar-refractivity contribution < 1.29 is 9.66 Å². The van der Waals surface area contributed by atoms with Crippen LogP contribution in [0.5, 0.6) is 0 Å². The van der Waals surface area contributed by atoms with Crippen LogP contribution >= 0.6 is 11.8 Å². The van der Waals surface area contributed by atoms with Crippen LogP contribution in [0, 0.1) is 10.1 Å². The van der Waals surface area contributed by atoms with Gasteiger partial charge in [0.25, 0.3) is 5.69 Å². The van der Waals surface area contributed by atoms with E-state index in [2.05, 4.69) is 0 Å². The Labute approximate surface area is 98.1 Å². The van der Waals surface area contributed by atoms with Gasteiger partial charge in [0, 0.05) is 29.4 Å². The molecular weight excluding hydrogens is 226 g/mol. The predicted octanol–water partition coefficient (Wildman–Crippen LogP) is 2.87. The summed E-state index contributed by atoms with van der Waals surface area (Å²) in [5, 5.41) is 10.5. The maximum absolute atomic E-state index is 10.5. The molecule has 1 saturated heterocycles. The summed E-state index contributed by atoms with van der Waals surface area (Å²) in [5.74, 6) is 0.928. The molecule has 5 heteroatoms. The van der Waals surface area contributed by atoms with Crippen molar-refractivity contribution in [3.63, 3.8) is 0 Å². The van der Waals surface area contributed by atoms with Gasteiger partial charge in [0.05, 0.1) is 11.0 Å². The number of ether oxygens (including phenoxy) is 1. The Hall–Kier alpha value is -1.07. The summed E-state index contributed by atoms with van der Waals surface area (Å²) in [7, 11) is 0. The van der Waals surface area contributed by atoms with E-state index in [9.17, 15) is 10.1 Å². The number of rotatable bonds is 4. The van der Waals surface area contributed by atoms with Gasteiger partial charge in [0.15, 0.2) is 0 Å². The second kappa shape index (κ2) is 5.32. The average Bonchev–Trinajstić information content (AvgIpc) is 2.80. The summed E-state index contributed by atoms with van der Waals surface area (Å²) >= 11 is 1.69. The Balaban J connectivity index is 1.87. The zero-order valence-electron chi connectivity index (χ0n) is 8.80. The van der Waals surface area contributed by atoms with Crippen molar-refractivity contribution >= 4 is 17.4 Å². The van der Waals surface area contributed by atoms with E-state index in [0.717, 1.165) is 30.1 Å². The van der Waals surface area contributed by atoms with Crippen LogP contribution in [0.3, 0.4) is 0 Å². The van der Waals surface area contributed by atoms with Gasteiger partial charge >= 0.3 is 0 Å². The largest absolute Gasteiger partial charge is 0.377 e. The highest BCUT2D eigenvalue weighted by Crippen LogP contribution is 2.25. The molecule has 0 amide bonds. The molecule has 1 atom stereocenters. The fourth-order valence-corrected chi connectivity index (χ4v) is 2.60. The van der Waals surface area contributed by atoms with Crippen LogP contribution in [-0.2, 0) is 4.74 Å². The number of hydrogen-bond donors (Lipinski definition) is 0. The lowest BCUT2D eigenvalue weighted by atomic mass is 10.3. The number of non-ortho nitro benzene ring substituents is 1. The number of nitro groups is 1. The molecule has 0 radical (unpaired) electrons. The van der Waals surface area contributed by atoms with Crippen LogP contribution in [0.4, 0.5) is 5.69 Å². The van der Waals surface area contributed by atoms with Gasteiger partial charge in [0.2, 0.25) is 0 Å². The molecule has 0 aliphatic carbocycles. The van der Waals surface area contributed by atoms with Crippen molar-refractivity contribution in [3.05, 3.63) is 34.4 Å². The fourth-order valence-electron chi connectivity index (χ4n) is 1.63. The van der Waals surface area contributed by atoms with Gasteiger partial charge in [-0.3, -0.25) is 10.1 Å². The molecule has 0 bridgehead atoms. The number of benzene rings is 1. The maximum Gasteiger partial charge on any atom is 0.269 e. The van der Waals surface area contributed by atoms with Gasteiger partial charge in [-0.2, -0.15) is 0 Å². The first-order valence-electron chi connectivity index (χ1n) is 5.24. The number of nitrogens with zero attached hydrogens (tertiary/aromatic N) is 1. The van der Waals surface area contributed by atoms with Crippen molar-refractivity contribution in [1.82, 2.24) is 0 Å². The van der Waals surface area contributed by atoms with Crippen LogP contribution in [0.15, 0.2) is 29.2 Å². The molecule has 1 fully saturated rings. The van der Waals surface area contributed by atoms with Crippen LogP contribution in [-0.4, -0.2) is 23.4 Å². The van der Waals surface area contributed by atoms with E-state index < -0.39 is 0 Å². The highest BCUT2D eigenvalue weighted by Gasteiger charge is 2.15. The third-order valence-electron chi connectivity index (χ3n) is 2.51. The monoisotopic (exact) mass is 239 g/mol. The third-order valence-corrected chi connectivity index (χ3v) is 3.65. The van der Waals surface area contributed by atoms with Crippen LogP contribution in [0.1, 0.15) is 12.8 Å². The molecule has 0 spiro atoms. The minimum absolute atomic E-state index is 0.140. The standard InChI is InChI=1S/C11H13NO3S/c13-12(14)9-3-5-11(6-4-9)16-8-10-2-1-7-15-10/h3-6,10H,1-2,7-8H2. The smallest absolute Gasteiger partial charge is 0.269 e. The predicted molar refractivity (Wildman–Crippen MR) is 62.8 cm³/mol. The molecule has 16 heavy (non-hydrogen) atoms. The molecule has 1 aliphatic heterocycles. The minimum atomic E-state index is -0.380. The van der Waals surface area contributed by atoms with Gasteiger partial charge in [-0.05, 0) is 25.0 Å². The third kappa shape index (κ3) is 2.96. The Morgan fingerprint density at radius 1 is 1.44 bits per heavy atom. The van der Waals surface area contributed by atoms with Gasteiger partial charge in [0.1, 0.15) is 0 Å². The van der Waals surface area contributed by atoms with E-state index in [-0.39, 0.29) is 10.6 Å². The molecule has 0 saturated carbocycles. The first kappa shape index (κ1) is 11.4. The topological polar surface area (TPSA) is 52.4 Å². The van der Waals surface area contributed by atoms with Crippen molar-refractivity contribution in [2.45, 2.75) is 23.8 Å². The number of thioether (sulfide) groups is 1. The second-order valence-electron chi connectivity index (χ2n) is 3.70. The molecular formula is C11H13NO3S.